The molecule has 0 saturated heterocycles. The van der Waals surface area contributed by atoms with Gasteiger partial charge in [0, 0.05) is 5.70 Å². The maximum atomic E-state index is 12.5. The molecule has 2 aromatic rings. The van der Waals surface area contributed by atoms with Gasteiger partial charge in [0.1, 0.15) is 11.8 Å². The summed E-state index contributed by atoms with van der Waals surface area (Å²) in [5.41, 5.74) is 1.85. The number of thioether (sulfide) groups is 1. The van der Waals surface area contributed by atoms with E-state index in [1.807, 2.05) is 12.3 Å². The molecule has 0 aliphatic carbocycles. The van der Waals surface area contributed by atoms with E-state index in [0.29, 0.717) is 22.4 Å². The summed E-state index contributed by atoms with van der Waals surface area (Å²) in [5, 5.41) is 18.0. The third kappa shape index (κ3) is 2.84. The number of hydrogen-bond acceptors (Lipinski definition) is 7. The maximum absolute atomic E-state index is 12.5. The van der Waals surface area contributed by atoms with E-state index in [0.717, 1.165) is 5.56 Å². The van der Waals surface area contributed by atoms with E-state index in [1.165, 1.54) is 11.8 Å². The van der Waals surface area contributed by atoms with Crippen molar-refractivity contribution in [1.82, 2.24) is 14.8 Å². The number of fused-ring (bicyclic) bond motifs is 1. The molecule has 3 rings (SSSR count). The Bertz CT molecular complexity index is 815. The van der Waals surface area contributed by atoms with Crippen molar-refractivity contribution in [3.8, 4) is 5.75 Å². The lowest BCUT2D eigenvalue weighted by Gasteiger charge is -2.28. The molecule has 1 atom stereocenters. The quantitative estimate of drug-likeness (QED) is 0.649. The van der Waals surface area contributed by atoms with E-state index in [-0.39, 0.29) is 12.4 Å². The second-order valence-electron chi connectivity index (χ2n) is 5.25. The van der Waals surface area contributed by atoms with Gasteiger partial charge in [-0.3, -0.25) is 0 Å². The number of aromatic hydroxyl groups is 1. The third-order valence-electron chi connectivity index (χ3n) is 3.70. The van der Waals surface area contributed by atoms with E-state index in [1.54, 1.807) is 36.7 Å². The number of rotatable bonds is 4. The number of carbonyl (C=O) groups is 1. The van der Waals surface area contributed by atoms with Crippen LogP contribution in [0.5, 0.6) is 5.75 Å². The number of phenolic OH excluding ortho intramolecular Hbond substituents is 1. The number of benzene rings is 1. The minimum absolute atomic E-state index is 0.124. The fourth-order valence-corrected chi connectivity index (χ4v) is 3.04. The summed E-state index contributed by atoms with van der Waals surface area (Å²) in [5.74, 6) is 0.264. The number of nitrogens with zero attached hydrogens (tertiary/aromatic N) is 3. The number of carbonyl (C=O) groups excluding carboxylic acids is 1. The van der Waals surface area contributed by atoms with Crippen LogP contribution in [0.1, 0.15) is 25.5 Å². The van der Waals surface area contributed by atoms with Gasteiger partial charge in [0.2, 0.25) is 11.1 Å². The molecule has 0 radical (unpaired) electrons. The summed E-state index contributed by atoms with van der Waals surface area (Å²) >= 11 is 1.42. The summed E-state index contributed by atoms with van der Waals surface area (Å²) in [6.07, 6.45) is 1.89. The molecule has 2 N–H and O–H groups in total. The standard InChI is InChI=1S/C16H18N4O3S/c1-4-23-14(22)12-9(2)17-15-18-16(24-3)19-20(15)13(12)10-6-5-7-11(21)8-10/h5-8,13,21H,4H2,1-3H3,(H,17,18,19)/t13-/m0/s1. The predicted octanol–water partition coefficient (Wildman–Crippen LogP) is 2.56. The molecule has 1 aromatic heterocycles. The van der Waals surface area contributed by atoms with Gasteiger partial charge < -0.3 is 15.2 Å². The summed E-state index contributed by atoms with van der Waals surface area (Å²) in [7, 11) is 0. The number of ether oxygens (including phenoxy) is 1. The third-order valence-corrected chi connectivity index (χ3v) is 4.24. The highest BCUT2D eigenvalue weighted by Crippen LogP contribution is 2.37. The Kier molecular flexibility index (Phi) is 4.48. The van der Waals surface area contributed by atoms with Gasteiger partial charge >= 0.3 is 5.97 Å². The van der Waals surface area contributed by atoms with Crippen molar-refractivity contribution in [3.63, 3.8) is 0 Å². The number of phenols is 1. The van der Waals surface area contributed by atoms with Gasteiger partial charge in [-0.1, -0.05) is 23.9 Å². The van der Waals surface area contributed by atoms with Crippen molar-refractivity contribution >= 4 is 23.7 Å². The van der Waals surface area contributed by atoms with E-state index in [2.05, 4.69) is 15.4 Å². The molecule has 2 heterocycles. The van der Waals surface area contributed by atoms with Gasteiger partial charge in [0.05, 0.1) is 12.2 Å². The minimum atomic E-state index is -0.513. The first-order valence-electron chi connectivity index (χ1n) is 7.49. The van der Waals surface area contributed by atoms with Crippen molar-refractivity contribution in [2.45, 2.75) is 25.0 Å². The van der Waals surface area contributed by atoms with Crippen molar-refractivity contribution < 1.29 is 14.6 Å². The normalized spacial score (nSPS) is 16.5. The Morgan fingerprint density at radius 3 is 2.96 bits per heavy atom. The van der Waals surface area contributed by atoms with Crippen LogP contribution >= 0.6 is 11.8 Å². The summed E-state index contributed by atoms with van der Waals surface area (Å²) in [6, 6.07) is 6.26. The van der Waals surface area contributed by atoms with Crippen LogP contribution in [0.15, 0.2) is 40.7 Å². The van der Waals surface area contributed by atoms with Gasteiger partial charge in [0.15, 0.2) is 0 Å². The molecule has 1 aliphatic heterocycles. The number of esters is 1. The molecule has 0 spiro atoms. The lowest BCUT2D eigenvalue weighted by atomic mass is 9.95. The molecule has 7 nitrogen and oxygen atoms in total. The van der Waals surface area contributed by atoms with E-state index < -0.39 is 12.0 Å². The molecule has 0 bridgehead atoms. The zero-order chi connectivity index (χ0) is 17.3. The molecular formula is C16H18N4O3S. The summed E-state index contributed by atoms with van der Waals surface area (Å²) < 4.78 is 6.87. The molecule has 0 unspecified atom stereocenters. The van der Waals surface area contributed by atoms with Crippen LogP contribution in [0.3, 0.4) is 0 Å². The van der Waals surface area contributed by atoms with Gasteiger partial charge in [-0.05, 0) is 37.8 Å². The van der Waals surface area contributed by atoms with Gasteiger partial charge in [0.25, 0.3) is 0 Å². The van der Waals surface area contributed by atoms with E-state index >= 15 is 0 Å². The van der Waals surface area contributed by atoms with Crippen LogP contribution in [0, 0.1) is 0 Å². The van der Waals surface area contributed by atoms with E-state index in [4.69, 9.17) is 4.74 Å². The van der Waals surface area contributed by atoms with Crippen LogP contribution in [0.4, 0.5) is 5.95 Å². The largest absolute Gasteiger partial charge is 0.508 e. The summed E-state index contributed by atoms with van der Waals surface area (Å²) in [6.45, 7) is 3.85. The molecule has 0 amide bonds. The number of nitrogens with one attached hydrogen (secondary N) is 1. The van der Waals surface area contributed by atoms with Crippen LogP contribution in [0.2, 0.25) is 0 Å². The highest BCUT2D eigenvalue weighted by Gasteiger charge is 2.35. The highest BCUT2D eigenvalue weighted by molar-refractivity contribution is 7.98. The lowest BCUT2D eigenvalue weighted by Crippen LogP contribution is -2.29. The summed E-state index contributed by atoms with van der Waals surface area (Å²) in [4.78, 5) is 16.9. The first-order chi connectivity index (χ1) is 11.5. The van der Waals surface area contributed by atoms with Crippen molar-refractivity contribution in [2.24, 2.45) is 0 Å². The minimum Gasteiger partial charge on any atom is -0.508 e. The van der Waals surface area contributed by atoms with Crippen LogP contribution in [-0.4, -0.2) is 38.7 Å². The topological polar surface area (TPSA) is 89.3 Å². The second kappa shape index (κ2) is 6.56. The van der Waals surface area contributed by atoms with Crippen LogP contribution in [-0.2, 0) is 9.53 Å². The van der Waals surface area contributed by atoms with Crippen LogP contribution in [0.25, 0.3) is 0 Å². The van der Waals surface area contributed by atoms with Gasteiger partial charge in [-0.15, -0.1) is 5.10 Å². The first kappa shape index (κ1) is 16.4. The number of allylic oxidation sites excluding steroid dienone is 1. The fraction of sp³-hybridized carbons (Fsp3) is 0.312. The Hall–Kier alpha value is -2.48. The fourth-order valence-electron chi connectivity index (χ4n) is 2.69. The average molecular weight is 346 g/mol. The Labute approximate surface area is 143 Å². The van der Waals surface area contributed by atoms with E-state index in [9.17, 15) is 9.90 Å². The Morgan fingerprint density at radius 2 is 2.29 bits per heavy atom. The van der Waals surface area contributed by atoms with Crippen molar-refractivity contribution in [2.75, 3.05) is 18.2 Å². The lowest BCUT2D eigenvalue weighted by molar-refractivity contribution is -0.139. The molecule has 1 aliphatic rings. The molecule has 0 fully saturated rings. The first-order valence-corrected chi connectivity index (χ1v) is 8.72. The van der Waals surface area contributed by atoms with Gasteiger partial charge in [-0.2, -0.15) is 4.98 Å². The van der Waals surface area contributed by atoms with Crippen molar-refractivity contribution in [3.05, 3.63) is 41.1 Å². The number of anilines is 1. The second-order valence-corrected chi connectivity index (χ2v) is 6.02. The molecule has 1 aromatic carbocycles. The molecule has 24 heavy (non-hydrogen) atoms. The predicted molar refractivity (Wildman–Crippen MR) is 91.0 cm³/mol. The zero-order valence-corrected chi connectivity index (χ0v) is 14.4. The smallest absolute Gasteiger partial charge is 0.338 e. The SMILES string of the molecule is CCOC(=O)C1=C(C)Nc2nc(SC)nn2[C@H]1c1cccc(O)c1. The molecule has 126 valence electrons. The van der Waals surface area contributed by atoms with Gasteiger partial charge in [-0.25, -0.2) is 9.48 Å². The zero-order valence-electron chi connectivity index (χ0n) is 13.6. The van der Waals surface area contributed by atoms with Crippen LogP contribution < -0.4 is 5.32 Å². The monoisotopic (exact) mass is 346 g/mol. The Balaban J connectivity index is 2.17. The molecular weight excluding hydrogens is 328 g/mol. The van der Waals surface area contributed by atoms with Crippen molar-refractivity contribution in [1.29, 1.82) is 0 Å². The molecule has 8 heteroatoms. The highest BCUT2D eigenvalue weighted by atomic mass is 32.2. The molecule has 0 saturated carbocycles. The number of hydrogen-bond donors (Lipinski definition) is 2. The maximum Gasteiger partial charge on any atom is 0.338 e. The average Bonchev–Trinajstić information content (AvgIpc) is 2.96. The Morgan fingerprint density at radius 1 is 1.50 bits per heavy atom. The number of aromatic nitrogens is 3.